The summed E-state index contributed by atoms with van der Waals surface area (Å²) in [6, 6.07) is 6.16. The summed E-state index contributed by atoms with van der Waals surface area (Å²) >= 11 is 0. The molecule has 1 saturated carbocycles. The molecule has 0 unspecified atom stereocenters. The van der Waals surface area contributed by atoms with E-state index in [0.29, 0.717) is 25.7 Å². The van der Waals surface area contributed by atoms with E-state index in [1.165, 1.54) is 11.1 Å². The number of hydrogen-bond acceptors (Lipinski definition) is 4. The molecule has 1 aromatic carbocycles. The van der Waals surface area contributed by atoms with E-state index in [1.54, 1.807) is 0 Å². The summed E-state index contributed by atoms with van der Waals surface area (Å²) in [6.07, 6.45) is 4.02. The van der Waals surface area contributed by atoms with Gasteiger partial charge in [0.1, 0.15) is 0 Å². The molecule has 2 heterocycles. The highest BCUT2D eigenvalue weighted by Crippen LogP contribution is 2.59. The number of carbonyl (C=O) groups is 1. The van der Waals surface area contributed by atoms with Crippen molar-refractivity contribution in [3.8, 4) is 11.5 Å². The summed E-state index contributed by atoms with van der Waals surface area (Å²) in [4.78, 5) is 13.0. The minimum Gasteiger partial charge on any atom is -0.454 e. The molecule has 0 radical (unpaired) electrons. The lowest BCUT2D eigenvalue weighted by atomic mass is 9.74. The van der Waals surface area contributed by atoms with Gasteiger partial charge in [0.2, 0.25) is 12.7 Å². The molecule has 1 aliphatic carbocycles. The van der Waals surface area contributed by atoms with Gasteiger partial charge in [0.15, 0.2) is 11.5 Å². The van der Waals surface area contributed by atoms with Gasteiger partial charge in [-0.25, -0.2) is 0 Å². The molecule has 2 fully saturated rings. The first kappa shape index (κ1) is 19.3. The number of ether oxygens (including phenoxy) is 3. The highest BCUT2D eigenvalue weighted by Gasteiger charge is 2.60. The predicted octanol–water partition coefficient (Wildman–Crippen LogP) is 3.82. The van der Waals surface area contributed by atoms with Crippen molar-refractivity contribution < 1.29 is 19.0 Å². The van der Waals surface area contributed by atoms with Crippen LogP contribution in [0, 0.1) is 17.3 Å². The fraction of sp³-hybridized carbons (Fsp3) is 0.609. The Balaban J connectivity index is 1.50. The van der Waals surface area contributed by atoms with Gasteiger partial charge >= 0.3 is 0 Å². The summed E-state index contributed by atoms with van der Waals surface area (Å²) < 4.78 is 16.7. The van der Waals surface area contributed by atoms with E-state index in [-0.39, 0.29) is 29.4 Å². The minimum absolute atomic E-state index is 0.0307. The zero-order valence-corrected chi connectivity index (χ0v) is 17.3. The fourth-order valence-electron chi connectivity index (χ4n) is 4.77. The lowest BCUT2D eigenvalue weighted by molar-refractivity contribution is -0.123. The Morgan fingerprint density at radius 2 is 1.89 bits per heavy atom. The molecule has 0 aromatic heterocycles. The van der Waals surface area contributed by atoms with Crippen molar-refractivity contribution in [2.24, 2.45) is 17.3 Å². The first-order chi connectivity index (χ1) is 13.3. The Morgan fingerprint density at radius 1 is 1.18 bits per heavy atom. The molecule has 1 amide bonds. The number of rotatable bonds is 5. The Bertz CT molecular complexity index is 788. The molecule has 3 aliphatic rings. The highest BCUT2D eigenvalue weighted by molar-refractivity contribution is 5.83. The van der Waals surface area contributed by atoms with Gasteiger partial charge in [0.25, 0.3) is 0 Å². The molecular formula is C23H31NO4. The summed E-state index contributed by atoms with van der Waals surface area (Å²) in [6.45, 7) is 10.9. The van der Waals surface area contributed by atoms with E-state index in [9.17, 15) is 4.79 Å². The number of nitrogens with one attached hydrogen (secondary N) is 1. The molecule has 2 atom stereocenters. The van der Waals surface area contributed by atoms with E-state index in [1.807, 2.05) is 6.07 Å². The van der Waals surface area contributed by atoms with Gasteiger partial charge in [-0.3, -0.25) is 4.79 Å². The number of carbonyl (C=O) groups excluding carboxylic acids is 1. The van der Waals surface area contributed by atoms with Crippen LogP contribution in [0.4, 0.5) is 0 Å². The van der Waals surface area contributed by atoms with Gasteiger partial charge in [-0.15, -0.1) is 0 Å². The molecule has 152 valence electrons. The molecule has 1 N–H and O–H groups in total. The number of fused-ring (bicyclic) bond motifs is 1. The predicted molar refractivity (Wildman–Crippen MR) is 107 cm³/mol. The van der Waals surface area contributed by atoms with Crippen molar-refractivity contribution in [1.82, 2.24) is 5.32 Å². The topological polar surface area (TPSA) is 56.8 Å². The van der Waals surface area contributed by atoms with Crippen molar-refractivity contribution in [2.45, 2.75) is 46.0 Å². The smallest absolute Gasteiger partial charge is 0.231 e. The molecule has 0 spiro atoms. The van der Waals surface area contributed by atoms with Crippen molar-refractivity contribution in [3.05, 3.63) is 35.4 Å². The molecule has 2 aliphatic heterocycles. The van der Waals surface area contributed by atoms with Gasteiger partial charge in [0, 0.05) is 25.2 Å². The maximum atomic E-state index is 13.0. The van der Waals surface area contributed by atoms with Crippen LogP contribution in [0.1, 0.15) is 46.1 Å². The Labute approximate surface area is 167 Å². The Kier molecular flexibility index (Phi) is 4.90. The summed E-state index contributed by atoms with van der Waals surface area (Å²) in [7, 11) is 0. The van der Waals surface area contributed by atoms with Crippen LogP contribution in [0.2, 0.25) is 0 Å². The zero-order chi connectivity index (χ0) is 19.9. The van der Waals surface area contributed by atoms with Crippen LogP contribution >= 0.6 is 0 Å². The van der Waals surface area contributed by atoms with E-state index in [0.717, 1.165) is 24.3 Å². The molecule has 5 nitrogen and oxygen atoms in total. The molecule has 4 rings (SSSR count). The Morgan fingerprint density at radius 3 is 2.61 bits per heavy atom. The molecular weight excluding hydrogens is 354 g/mol. The zero-order valence-electron chi connectivity index (χ0n) is 17.3. The lowest BCUT2D eigenvalue weighted by Gasteiger charge is -2.38. The van der Waals surface area contributed by atoms with E-state index >= 15 is 0 Å². The summed E-state index contributed by atoms with van der Waals surface area (Å²) in [5.41, 5.74) is 2.37. The second kappa shape index (κ2) is 7.11. The third-order valence-corrected chi connectivity index (χ3v) is 6.74. The van der Waals surface area contributed by atoms with Crippen molar-refractivity contribution >= 4 is 5.91 Å². The second-order valence-corrected chi connectivity index (χ2v) is 9.25. The van der Waals surface area contributed by atoms with E-state index in [4.69, 9.17) is 14.2 Å². The molecule has 1 saturated heterocycles. The molecule has 5 heteroatoms. The quantitative estimate of drug-likeness (QED) is 0.783. The van der Waals surface area contributed by atoms with Crippen molar-refractivity contribution in [2.75, 3.05) is 26.6 Å². The van der Waals surface area contributed by atoms with Gasteiger partial charge in [-0.1, -0.05) is 31.6 Å². The highest BCUT2D eigenvalue weighted by atomic mass is 16.7. The minimum atomic E-state index is -0.125. The van der Waals surface area contributed by atoms with E-state index < -0.39 is 0 Å². The van der Waals surface area contributed by atoms with Crippen LogP contribution in [0.15, 0.2) is 29.8 Å². The van der Waals surface area contributed by atoms with Crippen LogP contribution in [0.25, 0.3) is 0 Å². The average molecular weight is 386 g/mol. The average Bonchev–Trinajstić information content (AvgIpc) is 3.01. The third kappa shape index (κ3) is 3.41. The largest absolute Gasteiger partial charge is 0.454 e. The van der Waals surface area contributed by atoms with E-state index in [2.05, 4.69) is 51.2 Å². The summed E-state index contributed by atoms with van der Waals surface area (Å²) in [5.74, 6) is 2.13. The SMILES string of the molecule is CC(C)=C[C@@H]1[C@H](C(=O)NCC2(c3ccc4c(c3)OCO4)CCOCC2)C1(C)C. The van der Waals surface area contributed by atoms with Crippen molar-refractivity contribution in [3.63, 3.8) is 0 Å². The Hall–Kier alpha value is -2.01. The molecule has 0 bridgehead atoms. The number of amides is 1. The van der Waals surface area contributed by atoms with Crippen LogP contribution in [0.5, 0.6) is 11.5 Å². The van der Waals surface area contributed by atoms with Gasteiger partial charge in [0.05, 0.1) is 5.92 Å². The molecule has 1 aromatic rings. The molecule has 28 heavy (non-hydrogen) atoms. The standard InChI is InChI=1S/C23H31NO4/c1-15(2)11-17-20(22(17,3)4)21(25)24-13-23(7-9-26-10-8-23)16-5-6-18-19(12-16)28-14-27-18/h5-6,11-12,17,20H,7-10,13-14H2,1-4H3,(H,24,25)/t17-,20-/m1/s1. The van der Waals surface area contributed by atoms with Crippen LogP contribution < -0.4 is 14.8 Å². The monoisotopic (exact) mass is 385 g/mol. The number of benzene rings is 1. The van der Waals surface area contributed by atoms with Crippen LogP contribution in [-0.2, 0) is 14.9 Å². The first-order valence-corrected chi connectivity index (χ1v) is 10.2. The lowest BCUT2D eigenvalue weighted by Crippen LogP contribution is -2.45. The van der Waals surface area contributed by atoms with Crippen molar-refractivity contribution in [1.29, 1.82) is 0 Å². The number of hydrogen-bond donors (Lipinski definition) is 1. The van der Waals surface area contributed by atoms with Gasteiger partial charge < -0.3 is 19.5 Å². The first-order valence-electron chi connectivity index (χ1n) is 10.2. The van der Waals surface area contributed by atoms with Crippen LogP contribution in [0.3, 0.4) is 0 Å². The third-order valence-electron chi connectivity index (χ3n) is 6.74. The maximum Gasteiger partial charge on any atom is 0.231 e. The number of allylic oxidation sites excluding steroid dienone is 2. The summed E-state index contributed by atoms with van der Waals surface area (Å²) in [5, 5.41) is 3.28. The second-order valence-electron chi connectivity index (χ2n) is 9.25. The maximum absolute atomic E-state index is 13.0. The van der Waals surface area contributed by atoms with Crippen LogP contribution in [-0.4, -0.2) is 32.5 Å². The van der Waals surface area contributed by atoms with Gasteiger partial charge in [-0.2, -0.15) is 0 Å². The van der Waals surface area contributed by atoms with Gasteiger partial charge in [-0.05, 0) is 55.7 Å². The normalized spacial score (nSPS) is 26.4. The fourth-order valence-corrected chi connectivity index (χ4v) is 4.77.